The number of hydrogen-bond donors (Lipinski definition) is 1. The second kappa shape index (κ2) is 9.25. The summed E-state index contributed by atoms with van der Waals surface area (Å²) >= 11 is 0. The van der Waals surface area contributed by atoms with Crippen LogP contribution in [0.15, 0.2) is 0 Å². The molecule has 4 amide bonds. The Bertz CT molecular complexity index is 653. The monoisotopic (exact) mass is 418 g/mol. The van der Waals surface area contributed by atoms with E-state index >= 15 is 0 Å². The summed E-state index contributed by atoms with van der Waals surface area (Å²) in [6.07, 6.45) is 10.8. The van der Waals surface area contributed by atoms with E-state index in [0.717, 1.165) is 58.3 Å². The van der Waals surface area contributed by atoms with Gasteiger partial charge in [0.25, 0.3) is 5.91 Å². The smallest absolute Gasteiger partial charge is 0.325 e. The van der Waals surface area contributed by atoms with E-state index in [-0.39, 0.29) is 23.9 Å². The van der Waals surface area contributed by atoms with Crippen molar-refractivity contribution in [3.63, 3.8) is 0 Å². The van der Waals surface area contributed by atoms with Crippen LogP contribution in [0.3, 0.4) is 0 Å². The standard InChI is InChI=1S/C23H38N4O3/c1-2-12-25-14-10-23(11-15-25)21(29)27(22(30)24-23)19-9-6-13-26(17-19)20(28)16-18-7-4-3-5-8-18/h18-19H,2-17H2,1H3,(H,24,30)/t19-/m0/s1. The number of piperidine rings is 2. The maximum absolute atomic E-state index is 13.4. The van der Waals surface area contributed by atoms with Gasteiger partial charge in [0.1, 0.15) is 5.54 Å². The molecule has 0 unspecified atom stereocenters. The van der Waals surface area contributed by atoms with E-state index in [9.17, 15) is 14.4 Å². The zero-order valence-corrected chi connectivity index (χ0v) is 18.5. The zero-order valence-electron chi connectivity index (χ0n) is 18.5. The predicted octanol–water partition coefficient (Wildman–Crippen LogP) is 2.74. The lowest BCUT2D eigenvalue weighted by molar-refractivity contribution is -0.139. The van der Waals surface area contributed by atoms with Crippen LogP contribution in [0.5, 0.6) is 0 Å². The molecule has 4 aliphatic rings. The number of likely N-dealkylation sites (tertiary alicyclic amines) is 2. The third-order valence-corrected chi connectivity index (χ3v) is 7.75. The molecular formula is C23H38N4O3. The van der Waals surface area contributed by atoms with E-state index in [1.165, 1.54) is 24.2 Å². The third kappa shape index (κ3) is 4.36. The van der Waals surface area contributed by atoms with Crippen LogP contribution in [0.4, 0.5) is 4.79 Å². The van der Waals surface area contributed by atoms with Gasteiger partial charge < -0.3 is 15.1 Å². The molecule has 168 valence electrons. The fourth-order valence-corrected chi connectivity index (χ4v) is 5.95. The summed E-state index contributed by atoms with van der Waals surface area (Å²) in [5, 5.41) is 3.05. The average molecular weight is 419 g/mol. The van der Waals surface area contributed by atoms with Crippen molar-refractivity contribution in [1.82, 2.24) is 20.0 Å². The number of nitrogens with zero attached hydrogens (tertiary/aromatic N) is 3. The van der Waals surface area contributed by atoms with Gasteiger partial charge in [-0.15, -0.1) is 0 Å². The van der Waals surface area contributed by atoms with Crippen molar-refractivity contribution in [3.8, 4) is 0 Å². The molecule has 0 radical (unpaired) electrons. The number of nitrogens with one attached hydrogen (secondary N) is 1. The first-order chi connectivity index (χ1) is 14.5. The molecule has 4 fully saturated rings. The highest BCUT2D eigenvalue weighted by atomic mass is 16.2. The van der Waals surface area contributed by atoms with Gasteiger partial charge in [0, 0.05) is 32.6 Å². The molecule has 7 heteroatoms. The molecule has 3 heterocycles. The van der Waals surface area contributed by atoms with Crippen LogP contribution in [0.1, 0.15) is 77.6 Å². The lowest BCUT2D eigenvalue weighted by atomic mass is 9.86. The summed E-state index contributed by atoms with van der Waals surface area (Å²) < 4.78 is 0. The molecule has 4 rings (SSSR count). The van der Waals surface area contributed by atoms with Crippen LogP contribution >= 0.6 is 0 Å². The lowest BCUT2D eigenvalue weighted by Gasteiger charge is -2.39. The summed E-state index contributed by atoms with van der Waals surface area (Å²) in [5.41, 5.74) is -0.726. The lowest BCUT2D eigenvalue weighted by Crippen LogP contribution is -2.56. The Hall–Kier alpha value is -1.63. The van der Waals surface area contributed by atoms with Crippen LogP contribution < -0.4 is 5.32 Å². The van der Waals surface area contributed by atoms with Gasteiger partial charge in [0.15, 0.2) is 0 Å². The number of imide groups is 1. The van der Waals surface area contributed by atoms with E-state index in [4.69, 9.17) is 0 Å². The number of carbonyl (C=O) groups is 3. The average Bonchev–Trinajstić information content (AvgIpc) is 3.00. The van der Waals surface area contributed by atoms with Crippen molar-refractivity contribution in [2.75, 3.05) is 32.7 Å². The SMILES string of the molecule is CCCN1CCC2(CC1)NC(=O)N([C@H]1CCCN(C(=O)CC3CCCCC3)C1)C2=O. The first-order valence-electron chi connectivity index (χ1n) is 12.2. The Balaban J connectivity index is 1.36. The molecule has 30 heavy (non-hydrogen) atoms. The normalized spacial score (nSPS) is 28.2. The molecule has 1 atom stereocenters. The molecule has 0 aromatic heterocycles. The van der Waals surface area contributed by atoms with Crippen LogP contribution in [-0.4, -0.2) is 76.8 Å². The van der Waals surface area contributed by atoms with Gasteiger partial charge in [-0.3, -0.25) is 14.5 Å². The van der Waals surface area contributed by atoms with Gasteiger partial charge in [-0.05, 0) is 57.4 Å². The second-order valence-corrected chi connectivity index (χ2v) is 9.87. The van der Waals surface area contributed by atoms with Crippen LogP contribution in [0, 0.1) is 5.92 Å². The fraction of sp³-hybridized carbons (Fsp3) is 0.870. The molecule has 0 aromatic rings. The molecule has 1 aliphatic carbocycles. The van der Waals surface area contributed by atoms with Crippen LogP contribution in [-0.2, 0) is 9.59 Å². The summed E-state index contributed by atoms with van der Waals surface area (Å²) in [7, 11) is 0. The molecule has 7 nitrogen and oxygen atoms in total. The van der Waals surface area contributed by atoms with E-state index in [1.54, 1.807) is 0 Å². The quantitative estimate of drug-likeness (QED) is 0.697. The van der Waals surface area contributed by atoms with E-state index in [2.05, 4.69) is 17.1 Å². The Kier molecular flexibility index (Phi) is 6.66. The minimum atomic E-state index is -0.726. The number of hydrogen-bond acceptors (Lipinski definition) is 4. The Morgan fingerprint density at radius 3 is 2.47 bits per heavy atom. The van der Waals surface area contributed by atoms with Crippen LogP contribution in [0.25, 0.3) is 0 Å². The molecule has 0 aromatic carbocycles. The molecule has 1 saturated carbocycles. The van der Waals surface area contributed by atoms with Crippen molar-refractivity contribution in [1.29, 1.82) is 0 Å². The number of carbonyl (C=O) groups excluding carboxylic acids is 3. The minimum absolute atomic E-state index is 0.0600. The number of amides is 4. The Morgan fingerprint density at radius 2 is 1.77 bits per heavy atom. The predicted molar refractivity (Wildman–Crippen MR) is 115 cm³/mol. The largest absolute Gasteiger partial charge is 0.341 e. The van der Waals surface area contributed by atoms with E-state index in [1.807, 2.05) is 4.90 Å². The summed E-state index contributed by atoms with van der Waals surface area (Å²) in [4.78, 5) is 44.9. The van der Waals surface area contributed by atoms with Crippen molar-refractivity contribution in [2.45, 2.75) is 89.1 Å². The van der Waals surface area contributed by atoms with Gasteiger partial charge in [-0.25, -0.2) is 4.79 Å². The van der Waals surface area contributed by atoms with Gasteiger partial charge in [-0.2, -0.15) is 0 Å². The first-order valence-corrected chi connectivity index (χ1v) is 12.2. The van der Waals surface area contributed by atoms with Gasteiger partial charge in [0.2, 0.25) is 5.91 Å². The van der Waals surface area contributed by atoms with E-state index in [0.29, 0.717) is 31.7 Å². The summed E-state index contributed by atoms with van der Waals surface area (Å²) in [6.45, 7) is 6.17. The maximum Gasteiger partial charge on any atom is 0.325 e. The van der Waals surface area contributed by atoms with Gasteiger partial charge in [-0.1, -0.05) is 26.2 Å². The molecule has 1 spiro atoms. The topological polar surface area (TPSA) is 73.0 Å². The Morgan fingerprint density at radius 1 is 1.03 bits per heavy atom. The second-order valence-electron chi connectivity index (χ2n) is 9.87. The molecule has 1 N–H and O–H groups in total. The highest BCUT2D eigenvalue weighted by molar-refractivity contribution is 6.07. The fourth-order valence-electron chi connectivity index (χ4n) is 5.95. The van der Waals surface area contributed by atoms with Gasteiger partial charge >= 0.3 is 6.03 Å². The first kappa shape index (κ1) is 21.6. The van der Waals surface area contributed by atoms with E-state index < -0.39 is 5.54 Å². The summed E-state index contributed by atoms with van der Waals surface area (Å²) in [5.74, 6) is 0.663. The highest BCUT2D eigenvalue weighted by Crippen LogP contribution is 2.33. The molecule has 0 bridgehead atoms. The molecule has 3 aliphatic heterocycles. The minimum Gasteiger partial charge on any atom is -0.341 e. The highest BCUT2D eigenvalue weighted by Gasteiger charge is 2.54. The molecular weight excluding hydrogens is 380 g/mol. The number of urea groups is 1. The maximum atomic E-state index is 13.4. The van der Waals surface area contributed by atoms with Crippen LogP contribution in [0.2, 0.25) is 0 Å². The van der Waals surface area contributed by atoms with Crippen molar-refractivity contribution >= 4 is 17.8 Å². The third-order valence-electron chi connectivity index (χ3n) is 7.75. The van der Waals surface area contributed by atoms with Crippen molar-refractivity contribution in [3.05, 3.63) is 0 Å². The van der Waals surface area contributed by atoms with Gasteiger partial charge in [0.05, 0.1) is 6.04 Å². The number of rotatable bonds is 5. The van der Waals surface area contributed by atoms with Crippen molar-refractivity contribution in [2.24, 2.45) is 5.92 Å². The Labute approximate surface area is 180 Å². The van der Waals surface area contributed by atoms with Crippen molar-refractivity contribution < 1.29 is 14.4 Å². The summed E-state index contributed by atoms with van der Waals surface area (Å²) in [6, 6.07) is -0.440. The molecule has 3 saturated heterocycles. The zero-order chi connectivity index (χ0) is 21.1.